The Hall–Kier alpha value is -2.90. The lowest BCUT2D eigenvalue weighted by Crippen LogP contribution is -2.30. The van der Waals surface area contributed by atoms with Gasteiger partial charge in [-0.1, -0.05) is 55.8 Å². The van der Waals surface area contributed by atoms with Crippen LogP contribution in [0.1, 0.15) is 58.7 Å². The number of aryl methyl sites for hydroxylation is 2. The van der Waals surface area contributed by atoms with E-state index in [1.807, 2.05) is 56.3 Å². The summed E-state index contributed by atoms with van der Waals surface area (Å²) in [7, 11) is -3.78. The summed E-state index contributed by atoms with van der Waals surface area (Å²) >= 11 is 0. The molecule has 1 aromatic heterocycles. The van der Waals surface area contributed by atoms with E-state index in [1.165, 1.54) is 4.31 Å². The first-order chi connectivity index (χ1) is 15.8. The maximum Gasteiger partial charge on any atom is 0.355 e. The summed E-state index contributed by atoms with van der Waals surface area (Å²) in [6.45, 7) is 8.15. The van der Waals surface area contributed by atoms with Crippen molar-refractivity contribution in [1.29, 1.82) is 0 Å². The highest BCUT2D eigenvalue weighted by Gasteiger charge is 2.28. The third-order valence-electron chi connectivity index (χ3n) is 5.71. The molecule has 2 aromatic carbocycles. The average molecular weight is 469 g/mol. The van der Waals surface area contributed by atoms with Crippen LogP contribution >= 0.6 is 0 Å². The number of hydrogen-bond acceptors (Lipinski definition) is 4. The number of hydrogen-bond donors (Lipinski definition) is 1. The molecule has 3 aromatic rings. The van der Waals surface area contributed by atoms with E-state index in [4.69, 9.17) is 4.74 Å². The second kappa shape index (κ2) is 10.8. The van der Waals surface area contributed by atoms with Crippen LogP contribution in [0.3, 0.4) is 0 Å². The Morgan fingerprint density at radius 2 is 1.61 bits per heavy atom. The number of sulfonamides is 1. The van der Waals surface area contributed by atoms with Gasteiger partial charge in [-0.15, -0.1) is 0 Å². The SMILES string of the molecule is CCCc1ccc(S(=O)(=O)N(Cc2ccccc2)Cc2c(C)[nH]c(C(=O)OCC)c2C)cc1. The molecule has 0 atom stereocenters. The fourth-order valence-corrected chi connectivity index (χ4v) is 5.28. The van der Waals surface area contributed by atoms with Crippen molar-refractivity contribution >= 4 is 16.0 Å². The molecule has 0 fully saturated rings. The molecule has 0 amide bonds. The molecule has 6 nitrogen and oxygen atoms in total. The number of aromatic nitrogens is 1. The largest absolute Gasteiger partial charge is 0.461 e. The van der Waals surface area contributed by atoms with Gasteiger partial charge in [-0.25, -0.2) is 13.2 Å². The summed E-state index contributed by atoms with van der Waals surface area (Å²) in [5, 5.41) is 0. The molecule has 1 heterocycles. The molecule has 176 valence electrons. The molecule has 0 spiro atoms. The number of rotatable bonds is 10. The number of nitrogens with zero attached hydrogens (tertiary/aromatic N) is 1. The first-order valence-electron chi connectivity index (χ1n) is 11.3. The summed E-state index contributed by atoms with van der Waals surface area (Å²) in [4.78, 5) is 15.7. The van der Waals surface area contributed by atoms with Crippen LogP contribution in [0.5, 0.6) is 0 Å². The van der Waals surface area contributed by atoms with Gasteiger partial charge in [-0.3, -0.25) is 0 Å². The topological polar surface area (TPSA) is 79.5 Å². The Labute approximate surface area is 196 Å². The Balaban J connectivity index is 1.99. The number of aromatic amines is 1. The number of esters is 1. The molecule has 0 bridgehead atoms. The van der Waals surface area contributed by atoms with Gasteiger partial charge >= 0.3 is 5.97 Å². The van der Waals surface area contributed by atoms with E-state index >= 15 is 0 Å². The van der Waals surface area contributed by atoms with Crippen LogP contribution < -0.4 is 0 Å². The number of ether oxygens (including phenoxy) is 1. The summed E-state index contributed by atoms with van der Waals surface area (Å²) in [6, 6.07) is 16.6. The number of nitrogens with one attached hydrogen (secondary N) is 1. The molecular weight excluding hydrogens is 436 g/mol. The van der Waals surface area contributed by atoms with Crippen molar-refractivity contribution in [2.75, 3.05) is 6.61 Å². The smallest absolute Gasteiger partial charge is 0.355 e. The zero-order valence-electron chi connectivity index (χ0n) is 19.7. The van der Waals surface area contributed by atoms with Gasteiger partial charge in [-0.05, 0) is 61.6 Å². The molecule has 0 aliphatic carbocycles. The molecule has 0 unspecified atom stereocenters. The van der Waals surface area contributed by atoms with Crippen LogP contribution in [0.25, 0.3) is 0 Å². The molecule has 0 aliphatic rings. The van der Waals surface area contributed by atoms with E-state index in [9.17, 15) is 13.2 Å². The fraction of sp³-hybridized carbons (Fsp3) is 0.346. The van der Waals surface area contributed by atoms with Crippen molar-refractivity contribution in [2.24, 2.45) is 0 Å². The fourth-order valence-electron chi connectivity index (χ4n) is 3.89. The zero-order valence-corrected chi connectivity index (χ0v) is 20.5. The summed E-state index contributed by atoms with van der Waals surface area (Å²) in [6.07, 6.45) is 1.91. The molecule has 0 saturated carbocycles. The van der Waals surface area contributed by atoms with Crippen molar-refractivity contribution in [3.63, 3.8) is 0 Å². The third kappa shape index (κ3) is 5.72. The summed E-state index contributed by atoms with van der Waals surface area (Å²) in [5.41, 5.74) is 4.60. The third-order valence-corrected chi connectivity index (χ3v) is 7.51. The van der Waals surface area contributed by atoms with E-state index in [2.05, 4.69) is 11.9 Å². The van der Waals surface area contributed by atoms with Crippen LogP contribution in [0, 0.1) is 13.8 Å². The van der Waals surface area contributed by atoms with Crippen molar-refractivity contribution in [1.82, 2.24) is 9.29 Å². The molecule has 7 heteroatoms. The lowest BCUT2D eigenvalue weighted by Gasteiger charge is -2.23. The predicted octanol–water partition coefficient (Wildman–Crippen LogP) is 5.15. The van der Waals surface area contributed by atoms with Crippen LogP contribution in [-0.4, -0.2) is 30.3 Å². The van der Waals surface area contributed by atoms with Crippen LogP contribution in [0.15, 0.2) is 59.5 Å². The van der Waals surface area contributed by atoms with Gasteiger partial charge in [-0.2, -0.15) is 4.31 Å². The molecule has 0 aliphatic heterocycles. The Morgan fingerprint density at radius 3 is 2.21 bits per heavy atom. The zero-order chi connectivity index (χ0) is 24.0. The van der Waals surface area contributed by atoms with Crippen molar-refractivity contribution in [3.05, 3.63) is 88.2 Å². The van der Waals surface area contributed by atoms with E-state index in [1.54, 1.807) is 19.1 Å². The van der Waals surface area contributed by atoms with Crippen LogP contribution in [-0.2, 0) is 34.3 Å². The standard InChI is InChI=1S/C26H32N2O4S/c1-5-10-21-13-15-23(16-14-21)33(30,31)28(17-22-11-8-7-9-12-22)18-24-19(3)25(27-20(24)4)26(29)32-6-2/h7-9,11-16,27H,5-6,10,17-18H2,1-4H3. The number of carbonyl (C=O) groups excluding carboxylic acids is 1. The highest BCUT2D eigenvalue weighted by Crippen LogP contribution is 2.26. The number of H-pyrrole nitrogens is 1. The van der Waals surface area contributed by atoms with Crippen LogP contribution in [0.4, 0.5) is 0 Å². The van der Waals surface area contributed by atoms with Gasteiger partial charge in [0, 0.05) is 18.8 Å². The monoisotopic (exact) mass is 468 g/mol. The maximum atomic E-state index is 13.7. The summed E-state index contributed by atoms with van der Waals surface area (Å²) < 4.78 is 34.0. The first-order valence-corrected chi connectivity index (χ1v) is 12.7. The van der Waals surface area contributed by atoms with Gasteiger partial charge in [0.2, 0.25) is 10.0 Å². The Bertz CT molecular complexity index is 1180. The minimum Gasteiger partial charge on any atom is -0.461 e. The molecule has 33 heavy (non-hydrogen) atoms. The van der Waals surface area contributed by atoms with Gasteiger partial charge in [0.25, 0.3) is 0 Å². The van der Waals surface area contributed by atoms with Gasteiger partial charge in [0.1, 0.15) is 5.69 Å². The minimum absolute atomic E-state index is 0.140. The second-order valence-corrected chi connectivity index (χ2v) is 10.0. The van der Waals surface area contributed by atoms with Crippen molar-refractivity contribution in [3.8, 4) is 0 Å². The maximum absolute atomic E-state index is 13.7. The first kappa shape index (κ1) is 24.7. The van der Waals surface area contributed by atoms with E-state index in [-0.39, 0.29) is 24.6 Å². The second-order valence-electron chi connectivity index (χ2n) is 8.10. The van der Waals surface area contributed by atoms with Gasteiger partial charge in [0.05, 0.1) is 11.5 Å². The molecule has 1 N–H and O–H groups in total. The van der Waals surface area contributed by atoms with Crippen molar-refractivity contribution in [2.45, 2.75) is 58.5 Å². The predicted molar refractivity (Wildman–Crippen MR) is 130 cm³/mol. The highest BCUT2D eigenvalue weighted by atomic mass is 32.2. The van der Waals surface area contributed by atoms with Gasteiger partial charge < -0.3 is 9.72 Å². The van der Waals surface area contributed by atoms with E-state index < -0.39 is 16.0 Å². The Morgan fingerprint density at radius 1 is 0.939 bits per heavy atom. The average Bonchev–Trinajstić information content (AvgIpc) is 3.08. The lowest BCUT2D eigenvalue weighted by molar-refractivity contribution is 0.0519. The van der Waals surface area contributed by atoms with E-state index in [0.29, 0.717) is 11.3 Å². The van der Waals surface area contributed by atoms with E-state index in [0.717, 1.165) is 35.2 Å². The Kier molecular flexibility index (Phi) is 8.10. The number of benzene rings is 2. The van der Waals surface area contributed by atoms with Crippen molar-refractivity contribution < 1.29 is 17.9 Å². The highest BCUT2D eigenvalue weighted by molar-refractivity contribution is 7.89. The lowest BCUT2D eigenvalue weighted by atomic mass is 10.1. The van der Waals surface area contributed by atoms with Gasteiger partial charge in [0.15, 0.2) is 0 Å². The van der Waals surface area contributed by atoms with Crippen LogP contribution in [0.2, 0.25) is 0 Å². The number of carbonyl (C=O) groups is 1. The summed E-state index contributed by atoms with van der Waals surface area (Å²) in [5.74, 6) is -0.437. The molecule has 3 rings (SSSR count). The normalized spacial score (nSPS) is 11.7. The molecule has 0 saturated heterocycles. The molecule has 0 radical (unpaired) electrons. The minimum atomic E-state index is -3.78. The molecular formula is C26H32N2O4S. The quantitative estimate of drug-likeness (QED) is 0.417.